The van der Waals surface area contributed by atoms with Gasteiger partial charge in [-0.25, -0.2) is 14.8 Å². The minimum Gasteiger partial charge on any atom is -0.493 e. The third-order valence-electron chi connectivity index (χ3n) is 6.59. The Labute approximate surface area is 206 Å². The first-order valence-electron chi connectivity index (χ1n) is 11.8. The van der Waals surface area contributed by atoms with E-state index in [0.29, 0.717) is 48.8 Å². The highest BCUT2D eigenvalue weighted by molar-refractivity contribution is 5.79. The molecule has 0 saturated heterocycles. The fraction of sp³-hybridized carbons (Fsp3) is 0.269. The van der Waals surface area contributed by atoms with E-state index < -0.39 is 0 Å². The molecule has 4 heterocycles. The van der Waals surface area contributed by atoms with Crippen LogP contribution in [-0.2, 0) is 6.54 Å². The number of nitrogens with zero attached hydrogens (tertiary/aromatic N) is 8. The van der Waals surface area contributed by atoms with Crippen LogP contribution in [0.5, 0.6) is 5.75 Å². The van der Waals surface area contributed by atoms with Gasteiger partial charge in [0.1, 0.15) is 17.6 Å². The van der Waals surface area contributed by atoms with Crippen LogP contribution < -0.4 is 10.4 Å². The summed E-state index contributed by atoms with van der Waals surface area (Å²) in [5.74, 6) is 1.17. The summed E-state index contributed by atoms with van der Waals surface area (Å²) in [5, 5.41) is 9.36. The van der Waals surface area contributed by atoms with Gasteiger partial charge in [0, 0.05) is 25.1 Å². The molecule has 0 aliphatic carbocycles. The van der Waals surface area contributed by atoms with Crippen molar-refractivity contribution in [2.24, 2.45) is 0 Å². The molecule has 1 aliphatic heterocycles. The van der Waals surface area contributed by atoms with Crippen LogP contribution in [0.4, 0.5) is 0 Å². The van der Waals surface area contributed by atoms with Gasteiger partial charge in [0.25, 0.3) is 0 Å². The highest BCUT2D eigenvalue weighted by atomic mass is 16.5. The van der Waals surface area contributed by atoms with Gasteiger partial charge in [0.2, 0.25) is 5.95 Å². The summed E-state index contributed by atoms with van der Waals surface area (Å²) in [4.78, 5) is 29.8. The topological polar surface area (TPSA) is 107 Å². The molecule has 0 N–H and O–H groups in total. The number of ether oxygens (including phenoxy) is 1. The van der Waals surface area contributed by atoms with Gasteiger partial charge in [0.05, 0.1) is 41.5 Å². The van der Waals surface area contributed by atoms with Gasteiger partial charge in [-0.15, -0.1) is 0 Å². The number of hydrogen-bond donors (Lipinski definition) is 0. The van der Waals surface area contributed by atoms with Crippen molar-refractivity contribution in [3.05, 3.63) is 76.6 Å². The average molecular weight is 481 g/mol. The number of para-hydroxylation sites is 1. The summed E-state index contributed by atoms with van der Waals surface area (Å²) in [5.41, 5.74) is 4.06. The molecule has 10 nitrogen and oxygen atoms in total. The molecular weight excluding hydrogens is 456 g/mol. The standard InChI is InChI=1S/C26H24N8O2/c1-31(2)10-11-32-22-15-28-25(33-16-29-19-8-7-17(14-27)13-21(19)33)30-24(22)34(26(32)35)20-9-12-36-23-6-4-3-5-18(20)23/h3-8,13,15-16,20H,9-12H2,1-2H3. The van der Waals surface area contributed by atoms with Crippen LogP contribution in [0, 0.1) is 11.3 Å². The third-order valence-corrected chi connectivity index (χ3v) is 6.59. The summed E-state index contributed by atoms with van der Waals surface area (Å²) in [6.07, 6.45) is 4.00. The van der Waals surface area contributed by atoms with E-state index in [1.165, 1.54) is 0 Å². The quantitative estimate of drug-likeness (QED) is 0.381. The summed E-state index contributed by atoms with van der Waals surface area (Å²) in [6.45, 7) is 1.73. The first-order chi connectivity index (χ1) is 17.5. The lowest BCUT2D eigenvalue weighted by Crippen LogP contribution is -2.32. The second-order valence-electron chi connectivity index (χ2n) is 9.11. The molecule has 0 bridgehead atoms. The SMILES string of the molecule is CN(C)CCn1c(=O)n(C2CCOc3ccccc32)c2nc(-n3cnc4ccc(C#N)cc43)ncc21. The first-order valence-corrected chi connectivity index (χ1v) is 11.8. The lowest BCUT2D eigenvalue weighted by molar-refractivity contribution is 0.255. The van der Waals surface area contributed by atoms with E-state index in [4.69, 9.17) is 9.72 Å². The number of benzene rings is 2. The molecule has 0 saturated carbocycles. The Morgan fingerprint density at radius 3 is 2.86 bits per heavy atom. The smallest absolute Gasteiger partial charge is 0.330 e. The number of rotatable bonds is 5. The number of nitriles is 1. The zero-order valence-corrected chi connectivity index (χ0v) is 20.0. The number of hydrogen-bond acceptors (Lipinski definition) is 7. The van der Waals surface area contributed by atoms with Gasteiger partial charge < -0.3 is 9.64 Å². The summed E-state index contributed by atoms with van der Waals surface area (Å²) in [6, 6.07) is 15.1. The lowest BCUT2D eigenvalue weighted by atomic mass is 10.0. The summed E-state index contributed by atoms with van der Waals surface area (Å²) >= 11 is 0. The monoisotopic (exact) mass is 480 g/mol. The van der Waals surface area contributed by atoms with Crippen LogP contribution in [0.25, 0.3) is 28.1 Å². The van der Waals surface area contributed by atoms with Gasteiger partial charge >= 0.3 is 5.69 Å². The average Bonchev–Trinajstić information content (AvgIpc) is 3.44. The van der Waals surface area contributed by atoms with E-state index in [9.17, 15) is 10.1 Å². The molecule has 0 amide bonds. The molecule has 0 radical (unpaired) electrons. The minimum absolute atomic E-state index is 0.123. The summed E-state index contributed by atoms with van der Waals surface area (Å²) < 4.78 is 11.1. The Morgan fingerprint density at radius 1 is 1.17 bits per heavy atom. The van der Waals surface area contributed by atoms with Crippen LogP contribution in [0.2, 0.25) is 0 Å². The van der Waals surface area contributed by atoms with Gasteiger partial charge in [-0.1, -0.05) is 18.2 Å². The van der Waals surface area contributed by atoms with E-state index in [-0.39, 0.29) is 11.7 Å². The second kappa shape index (κ2) is 8.62. The number of likely N-dealkylation sites (N-methyl/N-ethyl adjacent to an activating group) is 1. The van der Waals surface area contributed by atoms with Crippen LogP contribution in [0.15, 0.2) is 59.8 Å². The predicted octanol–water partition coefficient (Wildman–Crippen LogP) is 2.74. The van der Waals surface area contributed by atoms with Gasteiger partial charge in [0.15, 0.2) is 5.65 Å². The highest BCUT2D eigenvalue weighted by Gasteiger charge is 2.28. The number of imidazole rings is 2. The molecule has 3 aromatic heterocycles. The molecule has 180 valence electrons. The molecule has 0 spiro atoms. The van der Waals surface area contributed by atoms with Crippen LogP contribution in [0.1, 0.15) is 23.6 Å². The van der Waals surface area contributed by atoms with Crippen LogP contribution >= 0.6 is 0 Å². The molecule has 2 aromatic carbocycles. The van der Waals surface area contributed by atoms with Crippen molar-refractivity contribution < 1.29 is 4.74 Å². The highest BCUT2D eigenvalue weighted by Crippen LogP contribution is 2.35. The number of fused-ring (bicyclic) bond motifs is 3. The summed E-state index contributed by atoms with van der Waals surface area (Å²) in [7, 11) is 3.96. The Hall–Kier alpha value is -4.49. The van der Waals surface area contributed by atoms with Crippen molar-refractivity contribution in [2.75, 3.05) is 27.2 Å². The van der Waals surface area contributed by atoms with Crippen molar-refractivity contribution in [1.82, 2.24) is 33.6 Å². The van der Waals surface area contributed by atoms with Crippen molar-refractivity contribution in [3.63, 3.8) is 0 Å². The first kappa shape index (κ1) is 22.0. The molecule has 6 rings (SSSR count). The van der Waals surface area contributed by atoms with E-state index in [1.807, 2.05) is 43.3 Å². The molecule has 1 atom stereocenters. The van der Waals surface area contributed by atoms with Gasteiger partial charge in [-0.05, 0) is 38.4 Å². The molecule has 10 heteroatoms. The molecular formula is C26H24N8O2. The van der Waals surface area contributed by atoms with E-state index in [2.05, 4.69) is 16.0 Å². The Bertz CT molecular complexity index is 1710. The fourth-order valence-electron chi connectivity index (χ4n) is 4.79. The molecule has 1 unspecified atom stereocenters. The van der Waals surface area contributed by atoms with Gasteiger partial charge in [-0.3, -0.25) is 13.7 Å². The maximum Gasteiger partial charge on any atom is 0.330 e. The lowest BCUT2D eigenvalue weighted by Gasteiger charge is -2.26. The van der Waals surface area contributed by atoms with Crippen molar-refractivity contribution in [1.29, 1.82) is 5.26 Å². The molecule has 36 heavy (non-hydrogen) atoms. The Balaban J connectivity index is 1.58. The molecule has 0 fully saturated rings. The van der Waals surface area contributed by atoms with E-state index in [1.54, 1.807) is 44.4 Å². The van der Waals surface area contributed by atoms with Crippen LogP contribution in [-0.4, -0.2) is 60.8 Å². The van der Waals surface area contributed by atoms with E-state index in [0.717, 1.165) is 22.3 Å². The maximum absolute atomic E-state index is 13.8. The fourth-order valence-corrected chi connectivity index (χ4v) is 4.79. The number of aromatic nitrogens is 6. The molecule has 1 aliphatic rings. The van der Waals surface area contributed by atoms with E-state index >= 15 is 0 Å². The molecule has 5 aromatic rings. The largest absolute Gasteiger partial charge is 0.493 e. The zero-order chi connectivity index (χ0) is 24.8. The minimum atomic E-state index is -0.210. The Morgan fingerprint density at radius 2 is 2.03 bits per heavy atom. The third kappa shape index (κ3) is 3.52. The van der Waals surface area contributed by atoms with Crippen molar-refractivity contribution >= 4 is 22.2 Å². The van der Waals surface area contributed by atoms with Crippen molar-refractivity contribution in [3.8, 4) is 17.8 Å². The van der Waals surface area contributed by atoms with Gasteiger partial charge in [-0.2, -0.15) is 10.2 Å². The normalized spacial score (nSPS) is 15.2. The maximum atomic E-state index is 13.8. The zero-order valence-electron chi connectivity index (χ0n) is 20.0. The predicted molar refractivity (Wildman–Crippen MR) is 134 cm³/mol. The Kier molecular flexibility index (Phi) is 5.27. The van der Waals surface area contributed by atoms with Crippen molar-refractivity contribution in [2.45, 2.75) is 19.0 Å². The van der Waals surface area contributed by atoms with Crippen LogP contribution in [0.3, 0.4) is 0 Å². The second-order valence-corrected chi connectivity index (χ2v) is 9.11.